The zero-order valence-corrected chi connectivity index (χ0v) is 17.5. The molecule has 1 spiro atoms. The Bertz CT molecular complexity index is 1150. The van der Waals surface area contributed by atoms with Crippen molar-refractivity contribution in [3.05, 3.63) is 76.4 Å². The van der Waals surface area contributed by atoms with Gasteiger partial charge in [-0.25, -0.2) is 0 Å². The fraction of sp³-hybridized carbons (Fsp3) is 0.346. The van der Waals surface area contributed by atoms with E-state index in [9.17, 15) is 10.1 Å². The molecule has 1 atom stereocenters. The van der Waals surface area contributed by atoms with Crippen LogP contribution in [0.15, 0.2) is 54.7 Å². The highest BCUT2D eigenvalue weighted by atomic mass is 35.5. The Morgan fingerprint density at radius 1 is 1.13 bits per heavy atom. The van der Waals surface area contributed by atoms with Crippen LogP contribution in [0.4, 0.5) is 0 Å². The minimum Gasteiger partial charge on any atom is -0.299 e. The van der Waals surface area contributed by atoms with Crippen molar-refractivity contribution >= 4 is 28.3 Å². The number of nitrogens with zero attached hydrogens (tertiary/aromatic N) is 2. The number of benzene rings is 2. The molecule has 1 aromatic heterocycles. The molecule has 1 heterocycles. The van der Waals surface area contributed by atoms with Gasteiger partial charge in [0.15, 0.2) is 0 Å². The quantitative estimate of drug-likeness (QED) is 0.508. The molecule has 0 unspecified atom stereocenters. The third-order valence-electron chi connectivity index (χ3n) is 7.20. The van der Waals surface area contributed by atoms with Crippen LogP contribution >= 0.6 is 11.6 Å². The summed E-state index contributed by atoms with van der Waals surface area (Å²) in [5.74, 6) is 1.07. The average Bonchev–Trinajstić information content (AvgIpc) is 3.48. The van der Waals surface area contributed by atoms with E-state index in [1.54, 1.807) is 0 Å². The first kappa shape index (κ1) is 19.3. The maximum absolute atomic E-state index is 12.9. The Morgan fingerprint density at radius 3 is 2.63 bits per heavy atom. The van der Waals surface area contributed by atoms with Gasteiger partial charge in [0, 0.05) is 28.9 Å². The predicted molar refractivity (Wildman–Crippen MR) is 118 cm³/mol. The molecule has 3 nitrogen and oxygen atoms in total. The molecule has 0 bridgehead atoms. The van der Waals surface area contributed by atoms with Gasteiger partial charge in [0.05, 0.1) is 17.1 Å². The number of aromatic nitrogens is 1. The number of nitriles is 1. The zero-order valence-electron chi connectivity index (χ0n) is 16.8. The first-order valence-corrected chi connectivity index (χ1v) is 11.0. The molecule has 0 N–H and O–H groups in total. The van der Waals surface area contributed by atoms with Crippen molar-refractivity contribution in [1.29, 1.82) is 5.26 Å². The molecule has 2 saturated carbocycles. The van der Waals surface area contributed by atoms with Crippen LogP contribution in [0.25, 0.3) is 10.9 Å². The van der Waals surface area contributed by atoms with E-state index in [1.165, 1.54) is 5.56 Å². The molecule has 3 aromatic rings. The normalized spacial score (nSPS) is 25.2. The van der Waals surface area contributed by atoms with Crippen LogP contribution < -0.4 is 0 Å². The summed E-state index contributed by atoms with van der Waals surface area (Å²) < 4.78 is 0. The zero-order chi connectivity index (χ0) is 20.7. The van der Waals surface area contributed by atoms with Crippen LogP contribution in [-0.2, 0) is 11.2 Å². The number of hydrogen-bond donors (Lipinski definition) is 0. The Balaban J connectivity index is 1.27. The molecule has 4 heteroatoms. The minimum absolute atomic E-state index is 0.216. The summed E-state index contributed by atoms with van der Waals surface area (Å²) in [5.41, 5.74) is 4.21. The van der Waals surface area contributed by atoms with E-state index < -0.39 is 0 Å². The molecule has 0 radical (unpaired) electrons. The van der Waals surface area contributed by atoms with E-state index in [1.807, 2.05) is 48.7 Å². The Kier molecular flexibility index (Phi) is 4.83. The number of rotatable bonds is 4. The lowest BCUT2D eigenvalue weighted by molar-refractivity contribution is -0.120. The number of Topliss-reactive ketones (excluding diaryl/α,β-unsaturated/α-hetero) is 1. The molecule has 2 aromatic carbocycles. The summed E-state index contributed by atoms with van der Waals surface area (Å²) in [7, 11) is 0. The Hall–Kier alpha value is -2.70. The summed E-state index contributed by atoms with van der Waals surface area (Å²) in [6.45, 7) is 0. The molecule has 30 heavy (non-hydrogen) atoms. The van der Waals surface area contributed by atoms with Crippen LogP contribution in [0.1, 0.15) is 54.7 Å². The van der Waals surface area contributed by atoms with Gasteiger partial charge in [-0.15, -0.1) is 0 Å². The number of fused-ring (bicyclic) bond motifs is 1. The fourth-order valence-electron chi connectivity index (χ4n) is 5.38. The van der Waals surface area contributed by atoms with Gasteiger partial charge in [-0.3, -0.25) is 9.78 Å². The van der Waals surface area contributed by atoms with Gasteiger partial charge >= 0.3 is 0 Å². The molecular formula is C26H23ClN2O. The van der Waals surface area contributed by atoms with Crippen LogP contribution in [0.2, 0.25) is 5.02 Å². The van der Waals surface area contributed by atoms with Gasteiger partial charge in [-0.2, -0.15) is 5.26 Å². The van der Waals surface area contributed by atoms with E-state index >= 15 is 0 Å². The van der Waals surface area contributed by atoms with Crippen molar-refractivity contribution in [2.24, 2.45) is 11.3 Å². The van der Waals surface area contributed by atoms with Crippen molar-refractivity contribution in [2.75, 3.05) is 0 Å². The number of halogens is 1. The minimum atomic E-state index is 0.216. The van der Waals surface area contributed by atoms with Crippen LogP contribution in [0, 0.1) is 22.7 Å². The first-order chi connectivity index (χ1) is 14.6. The maximum atomic E-state index is 12.9. The molecule has 2 aliphatic rings. The lowest BCUT2D eigenvalue weighted by Crippen LogP contribution is -2.20. The standard InChI is InChI=1S/C26H23ClN2O/c27-20-4-1-17(2-5-20)14-25(30)23-15-26(23)10-7-19(8-11-26)21-9-12-29-24-6-3-18(16-28)13-22(21)24/h1-6,9,12-13,19,23H,7-8,10-11,14-15H2/t19?,23-,26?/m1/s1. The highest BCUT2D eigenvalue weighted by Gasteiger charge is 2.57. The molecule has 0 amide bonds. The van der Waals surface area contributed by atoms with Crippen molar-refractivity contribution in [1.82, 2.24) is 4.98 Å². The molecule has 150 valence electrons. The van der Waals surface area contributed by atoms with Gasteiger partial charge in [0.1, 0.15) is 5.78 Å². The Morgan fingerprint density at radius 2 is 1.90 bits per heavy atom. The molecule has 0 aliphatic heterocycles. The highest BCUT2D eigenvalue weighted by molar-refractivity contribution is 6.30. The summed E-state index contributed by atoms with van der Waals surface area (Å²) in [5, 5.41) is 11.1. The molecule has 2 fully saturated rings. The lowest BCUT2D eigenvalue weighted by atomic mass is 9.74. The topological polar surface area (TPSA) is 53.8 Å². The number of ketones is 1. The summed E-state index contributed by atoms with van der Waals surface area (Å²) >= 11 is 5.95. The second-order valence-corrected chi connectivity index (χ2v) is 9.34. The lowest BCUT2D eigenvalue weighted by Gasteiger charge is -2.30. The maximum Gasteiger partial charge on any atom is 0.140 e. The number of carbonyl (C=O) groups excluding carboxylic acids is 1. The molecule has 5 rings (SSSR count). The van der Waals surface area contributed by atoms with E-state index in [0.717, 1.165) is 48.6 Å². The van der Waals surface area contributed by atoms with Gasteiger partial charge in [0.25, 0.3) is 0 Å². The van der Waals surface area contributed by atoms with Gasteiger partial charge < -0.3 is 0 Å². The van der Waals surface area contributed by atoms with Crippen molar-refractivity contribution < 1.29 is 4.79 Å². The van der Waals surface area contributed by atoms with Gasteiger partial charge in [-0.1, -0.05) is 23.7 Å². The summed E-state index contributed by atoms with van der Waals surface area (Å²) in [6.07, 6.45) is 7.85. The van der Waals surface area contributed by atoms with Crippen LogP contribution in [0.3, 0.4) is 0 Å². The number of pyridine rings is 1. The largest absolute Gasteiger partial charge is 0.299 e. The Labute approximate surface area is 181 Å². The number of carbonyl (C=O) groups is 1. The van der Waals surface area contributed by atoms with Crippen molar-refractivity contribution in [2.45, 2.75) is 44.4 Å². The molecule has 2 aliphatic carbocycles. The second-order valence-electron chi connectivity index (χ2n) is 8.91. The molecule has 0 saturated heterocycles. The third-order valence-corrected chi connectivity index (χ3v) is 7.45. The van der Waals surface area contributed by atoms with Gasteiger partial charge in [-0.05, 0) is 91.0 Å². The number of hydrogen-bond acceptors (Lipinski definition) is 3. The second kappa shape index (κ2) is 7.52. The SMILES string of the molecule is N#Cc1ccc2nccc(C3CCC4(CC3)C[C@@H]4C(=O)Cc3ccc(Cl)cc3)c2c1. The van der Waals surface area contributed by atoms with E-state index in [4.69, 9.17) is 11.6 Å². The van der Waals surface area contributed by atoms with E-state index in [-0.39, 0.29) is 11.3 Å². The first-order valence-electron chi connectivity index (χ1n) is 10.6. The average molecular weight is 415 g/mol. The van der Waals surface area contributed by atoms with Gasteiger partial charge in [0.2, 0.25) is 0 Å². The fourth-order valence-corrected chi connectivity index (χ4v) is 5.50. The van der Waals surface area contributed by atoms with Crippen LogP contribution in [-0.4, -0.2) is 10.8 Å². The van der Waals surface area contributed by atoms with E-state index in [2.05, 4.69) is 17.1 Å². The smallest absolute Gasteiger partial charge is 0.140 e. The summed E-state index contributed by atoms with van der Waals surface area (Å²) in [4.78, 5) is 17.3. The summed E-state index contributed by atoms with van der Waals surface area (Å²) in [6, 6.07) is 17.7. The highest BCUT2D eigenvalue weighted by Crippen LogP contribution is 2.63. The molecular weight excluding hydrogens is 392 g/mol. The van der Waals surface area contributed by atoms with Crippen LogP contribution in [0.5, 0.6) is 0 Å². The van der Waals surface area contributed by atoms with Crippen molar-refractivity contribution in [3.8, 4) is 6.07 Å². The predicted octanol–water partition coefficient (Wildman–Crippen LogP) is 6.24. The third kappa shape index (κ3) is 3.50. The monoisotopic (exact) mass is 414 g/mol. The van der Waals surface area contributed by atoms with E-state index in [0.29, 0.717) is 28.7 Å². The van der Waals surface area contributed by atoms with Crippen molar-refractivity contribution in [3.63, 3.8) is 0 Å².